The van der Waals surface area contributed by atoms with E-state index in [4.69, 9.17) is 0 Å². The lowest BCUT2D eigenvalue weighted by Gasteiger charge is -2.51. The van der Waals surface area contributed by atoms with Crippen molar-refractivity contribution in [1.82, 2.24) is 4.90 Å². The van der Waals surface area contributed by atoms with Crippen LogP contribution in [0.4, 0.5) is 0 Å². The molecule has 4 rings (SSSR count). The predicted molar refractivity (Wildman–Crippen MR) is 93.1 cm³/mol. The van der Waals surface area contributed by atoms with Gasteiger partial charge >= 0.3 is 0 Å². The number of hydrogen-bond donors (Lipinski definition) is 0. The quantitative estimate of drug-likeness (QED) is 0.695. The highest BCUT2D eigenvalue weighted by Gasteiger charge is 2.49. The van der Waals surface area contributed by atoms with Crippen LogP contribution in [0.5, 0.6) is 0 Å². The Kier molecular flexibility index (Phi) is 3.80. The van der Waals surface area contributed by atoms with Crippen molar-refractivity contribution in [2.45, 2.75) is 83.2 Å². The first-order valence-electron chi connectivity index (χ1n) is 9.53. The van der Waals surface area contributed by atoms with Gasteiger partial charge in [-0.3, -0.25) is 4.90 Å². The Balaban J connectivity index is 1.53. The average molecular weight is 297 g/mol. The number of nitrogens with zero attached hydrogens (tertiary/aromatic N) is 1. The lowest BCUT2D eigenvalue weighted by atomic mass is 9.63. The van der Waals surface area contributed by atoms with Gasteiger partial charge < -0.3 is 0 Å². The molecule has 3 fully saturated rings. The molecule has 1 aromatic rings. The van der Waals surface area contributed by atoms with Gasteiger partial charge in [-0.05, 0) is 67.5 Å². The summed E-state index contributed by atoms with van der Waals surface area (Å²) in [5, 5.41) is 0. The molecule has 2 aliphatic carbocycles. The predicted octanol–water partition coefficient (Wildman–Crippen LogP) is 5.67. The molecule has 1 spiro atoms. The third-order valence-corrected chi connectivity index (χ3v) is 6.74. The Morgan fingerprint density at radius 3 is 2.50 bits per heavy atom. The van der Waals surface area contributed by atoms with Crippen molar-refractivity contribution < 1.29 is 0 Å². The van der Waals surface area contributed by atoms with Crippen molar-refractivity contribution in [2.75, 3.05) is 6.54 Å². The molecule has 22 heavy (non-hydrogen) atoms. The lowest BCUT2D eigenvalue weighted by molar-refractivity contribution is -0.00246. The maximum atomic E-state index is 2.88. The van der Waals surface area contributed by atoms with Gasteiger partial charge in [-0.1, -0.05) is 51.0 Å². The summed E-state index contributed by atoms with van der Waals surface area (Å²) >= 11 is 0. The van der Waals surface area contributed by atoms with Gasteiger partial charge in [0.1, 0.15) is 0 Å². The molecule has 0 bridgehead atoms. The first kappa shape index (κ1) is 14.8. The summed E-state index contributed by atoms with van der Waals surface area (Å²) in [7, 11) is 0. The van der Waals surface area contributed by atoms with E-state index in [0.717, 1.165) is 11.5 Å². The van der Waals surface area contributed by atoms with Crippen LogP contribution in [0.1, 0.15) is 88.3 Å². The number of rotatable bonds is 3. The van der Waals surface area contributed by atoms with E-state index in [1.807, 2.05) is 0 Å². The Bertz CT molecular complexity index is 518. The van der Waals surface area contributed by atoms with Crippen LogP contribution >= 0.6 is 0 Å². The summed E-state index contributed by atoms with van der Waals surface area (Å²) in [6.45, 7) is 6.02. The molecule has 120 valence electrons. The van der Waals surface area contributed by atoms with Gasteiger partial charge in [0.05, 0.1) is 0 Å². The Labute approximate surface area is 136 Å². The van der Waals surface area contributed by atoms with E-state index in [-0.39, 0.29) is 0 Å². The van der Waals surface area contributed by atoms with Crippen molar-refractivity contribution in [3.05, 3.63) is 35.4 Å². The van der Waals surface area contributed by atoms with E-state index in [2.05, 4.69) is 43.0 Å². The van der Waals surface area contributed by atoms with E-state index >= 15 is 0 Å². The molecule has 0 aromatic heterocycles. The zero-order valence-corrected chi connectivity index (χ0v) is 14.4. The summed E-state index contributed by atoms with van der Waals surface area (Å²) in [4.78, 5) is 2.88. The van der Waals surface area contributed by atoms with Crippen LogP contribution in [0.25, 0.3) is 0 Å². The largest absolute Gasteiger partial charge is 0.293 e. The van der Waals surface area contributed by atoms with E-state index < -0.39 is 0 Å². The van der Waals surface area contributed by atoms with Crippen molar-refractivity contribution in [3.8, 4) is 0 Å². The van der Waals surface area contributed by atoms with Crippen molar-refractivity contribution >= 4 is 0 Å². The standard InChI is InChI=1S/C21H31N/c1-16(2)18-8-3-4-9-19(18)20-10-7-13-22(20)17-14-21(15-17)11-5-6-12-21/h3-4,8-9,16-17,20H,5-7,10-15H2,1-2H3/t20-/m0/s1. The van der Waals surface area contributed by atoms with Crippen LogP contribution in [0.15, 0.2) is 24.3 Å². The zero-order valence-electron chi connectivity index (χ0n) is 14.4. The molecule has 1 heterocycles. The minimum absolute atomic E-state index is 0.640. The second-order valence-electron chi connectivity index (χ2n) is 8.45. The number of likely N-dealkylation sites (tertiary alicyclic amines) is 1. The van der Waals surface area contributed by atoms with E-state index in [1.165, 1.54) is 57.9 Å². The SMILES string of the molecule is CC(C)c1ccccc1[C@@H]1CCCN1C1CC2(CCCC2)C1. The van der Waals surface area contributed by atoms with Gasteiger partial charge in [-0.2, -0.15) is 0 Å². The molecular formula is C21H31N. The molecule has 1 aromatic carbocycles. The van der Waals surface area contributed by atoms with Crippen LogP contribution in [0.3, 0.4) is 0 Å². The third-order valence-electron chi connectivity index (χ3n) is 6.74. The minimum atomic E-state index is 0.640. The second-order valence-corrected chi connectivity index (χ2v) is 8.45. The highest BCUT2D eigenvalue weighted by atomic mass is 15.2. The Morgan fingerprint density at radius 2 is 1.77 bits per heavy atom. The van der Waals surface area contributed by atoms with Gasteiger partial charge in [0.15, 0.2) is 0 Å². The minimum Gasteiger partial charge on any atom is -0.293 e. The molecule has 1 atom stereocenters. The third kappa shape index (κ3) is 2.42. The van der Waals surface area contributed by atoms with E-state index in [0.29, 0.717) is 12.0 Å². The molecule has 0 amide bonds. The smallest absolute Gasteiger partial charge is 0.0354 e. The molecule has 1 aliphatic heterocycles. The molecule has 1 saturated heterocycles. The average Bonchev–Trinajstić information content (AvgIpc) is 3.14. The molecule has 0 unspecified atom stereocenters. The fourth-order valence-electron chi connectivity index (χ4n) is 5.61. The fraction of sp³-hybridized carbons (Fsp3) is 0.714. The molecule has 1 heteroatoms. The summed E-state index contributed by atoms with van der Waals surface area (Å²) in [5.74, 6) is 0.640. The summed E-state index contributed by atoms with van der Waals surface area (Å²) < 4.78 is 0. The molecule has 2 saturated carbocycles. The second kappa shape index (κ2) is 5.67. The first-order chi connectivity index (χ1) is 10.7. The van der Waals surface area contributed by atoms with Gasteiger partial charge in [0, 0.05) is 12.1 Å². The Hall–Kier alpha value is -0.820. The maximum absolute atomic E-state index is 2.88. The van der Waals surface area contributed by atoms with Crippen molar-refractivity contribution in [1.29, 1.82) is 0 Å². The molecule has 1 nitrogen and oxygen atoms in total. The number of benzene rings is 1. The maximum Gasteiger partial charge on any atom is 0.0354 e. The lowest BCUT2D eigenvalue weighted by Crippen LogP contribution is -2.49. The summed E-state index contributed by atoms with van der Waals surface area (Å²) in [5.41, 5.74) is 3.98. The fourth-order valence-corrected chi connectivity index (χ4v) is 5.61. The van der Waals surface area contributed by atoms with Crippen molar-refractivity contribution in [3.63, 3.8) is 0 Å². The van der Waals surface area contributed by atoms with Crippen LogP contribution in [-0.4, -0.2) is 17.5 Å². The summed E-state index contributed by atoms with van der Waals surface area (Å²) in [6.07, 6.45) is 11.8. The Morgan fingerprint density at radius 1 is 1.05 bits per heavy atom. The van der Waals surface area contributed by atoms with Crippen LogP contribution in [0.2, 0.25) is 0 Å². The van der Waals surface area contributed by atoms with Gasteiger partial charge in [0.2, 0.25) is 0 Å². The van der Waals surface area contributed by atoms with Crippen LogP contribution < -0.4 is 0 Å². The van der Waals surface area contributed by atoms with Crippen molar-refractivity contribution in [2.24, 2.45) is 5.41 Å². The monoisotopic (exact) mass is 297 g/mol. The van der Waals surface area contributed by atoms with Gasteiger partial charge in [-0.15, -0.1) is 0 Å². The molecule has 3 aliphatic rings. The molecule has 0 radical (unpaired) electrons. The number of hydrogen-bond acceptors (Lipinski definition) is 1. The first-order valence-corrected chi connectivity index (χ1v) is 9.53. The van der Waals surface area contributed by atoms with Crippen LogP contribution in [0, 0.1) is 5.41 Å². The molecule has 0 N–H and O–H groups in total. The van der Waals surface area contributed by atoms with Crippen LogP contribution in [-0.2, 0) is 0 Å². The van der Waals surface area contributed by atoms with Gasteiger partial charge in [-0.25, -0.2) is 0 Å². The molecular weight excluding hydrogens is 266 g/mol. The normalized spacial score (nSPS) is 28.6. The van der Waals surface area contributed by atoms with E-state index in [9.17, 15) is 0 Å². The highest BCUT2D eigenvalue weighted by molar-refractivity contribution is 5.33. The van der Waals surface area contributed by atoms with Gasteiger partial charge in [0.25, 0.3) is 0 Å². The summed E-state index contributed by atoms with van der Waals surface area (Å²) in [6, 6.07) is 10.8. The highest BCUT2D eigenvalue weighted by Crippen LogP contribution is 2.56. The van der Waals surface area contributed by atoms with E-state index in [1.54, 1.807) is 11.1 Å². The zero-order chi connectivity index (χ0) is 15.2. The topological polar surface area (TPSA) is 3.24 Å².